The average molecular weight is 472 g/mol. The highest BCUT2D eigenvalue weighted by molar-refractivity contribution is 5.92. The number of nitrogen functional groups attached to an aromatic ring is 1. The van der Waals surface area contributed by atoms with Gasteiger partial charge in [-0.3, -0.25) is 4.79 Å². The van der Waals surface area contributed by atoms with E-state index in [1.165, 1.54) is 26.4 Å². The lowest BCUT2D eigenvalue weighted by molar-refractivity contribution is -0.131. The van der Waals surface area contributed by atoms with E-state index in [1.54, 1.807) is 23.1 Å². The van der Waals surface area contributed by atoms with E-state index >= 15 is 4.39 Å². The van der Waals surface area contributed by atoms with E-state index in [2.05, 4.69) is 9.97 Å². The van der Waals surface area contributed by atoms with Crippen molar-refractivity contribution in [1.29, 1.82) is 0 Å². The molecule has 1 aliphatic heterocycles. The van der Waals surface area contributed by atoms with E-state index in [4.69, 9.17) is 15.2 Å². The zero-order chi connectivity index (χ0) is 24.4. The molecule has 0 radical (unpaired) electrons. The van der Waals surface area contributed by atoms with E-state index in [1.807, 2.05) is 11.8 Å². The Kier molecular flexibility index (Phi) is 6.67. The summed E-state index contributed by atoms with van der Waals surface area (Å²) in [6.45, 7) is 3.37. The molecule has 0 saturated carbocycles. The van der Waals surface area contributed by atoms with Gasteiger partial charge in [-0.2, -0.15) is 4.98 Å². The molecule has 4 rings (SSSR count). The summed E-state index contributed by atoms with van der Waals surface area (Å²) in [5, 5.41) is 0.334. The smallest absolute Gasteiger partial charge is 0.228 e. The number of piperazine rings is 1. The number of amides is 1. The van der Waals surface area contributed by atoms with Crippen molar-refractivity contribution in [2.45, 2.75) is 25.8 Å². The van der Waals surface area contributed by atoms with Crippen LogP contribution in [0.4, 0.5) is 20.5 Å². The van der Waals surface area contributed by atoms with Gasteiger partial charge in [-0.25, -0.2) is 13.8 Å². The summed E-state index contributed by atoms with van der Waals surface area (Å²) >= 11 is 0. The van der Waals surface area contributed by atoms with Crippen LogP contribution in [0.2, 0.25) is 0 Å². The number of aryl methyl sites for hydroxylation is 1. The van der Waals surface area contributed by atoms with Gasteiger partial charge in [0.2, 0.25) is 11.9 Å². The summed E-state index contributed by atoms with van der Waals surface area (Å²) in [4.78, 5) is 25.3. The third kappa shape index (κ3) is 4.52. The molecule has 0 unspecified atom stereocenters. The van der Waals surface area contributed by atoms with Crippen LogP contribution in [0.3, 0.4) is 0 Å². The van der Waals surface area contributed by atoms with Crippen LogP contribution >= 0.6 is 0 Å². The number of methoxy groups -OCH3 is 2. The largest absolute Gasteiger partial charge is 0.493 e. The van der Waals surface area contributed by atoms with Crippen LogP contribution in [-0.2, 0) is 11.2 Å². The van der Waals surface area contributed by atoms with E-state index in [-0.39, 0.29) is 40.6 Å². The minimum atomic E-state index is -0.672. The fraction of sp³-hybridized carbons (Fsp3) is 0.375. The Morgan fingerprint density at radius 1 is 1.15 bits per heavy atom. The maximum absolute atomic E-state index is 15.1. The highest BCUT2D eigenvalue weighted by atomic mass is 19.1. The highest BCUT2D eigenvalue weighted by Gasteiger charge is 2.29. The van der Waals surface area contributed by atoms with Crippen LogP contribution in [0.1, 0.15) is 18.9 Å². The summed E-state index contributed by atoms with van der Waals surface area (Å²) in [5.41, 5.74) is 7.10. The molecule has 1 saturated heterocycles. The van der Waals surface area contributed by atoms with Crippen LogP contribution in [0.25, 0.3) is 10.9 Å². The standard InChI is InChI=1S/C24H27F2N5O3/c1-14-13-30(19(32)9-6-15-4-7-16(25)8-5-15)10-11-31(14)24-28-21-17(23(27)29-24)12-18(33-2)22(34-3)20(21)26/h4-5,7-8,12,14H,6,9-11,13H2,1-3H3,(H2,27,28,29)/t14-/m0/s1. The number of hydrogen-bond donors (Lipinski definition) is 1. The van der Waals surface area contributed by atoms with Gasteiger partial charge in [-0.05, 0) is 37.1 Å². The molecular formula is C24H27F2N5O3. The normalized spacial score (nSPS) is 16.1. The van der Waals surface area contributed by atoms with Gasteiger partial charge < -0.3 is 25.0 Å². The molecule has 1 aliphatic rings. The summed E-state index contributed by atoms with van der Waals surface area (Å²) < 4.78 is 38.5. The minimum Gasteiger partial charge on any atom is -0.493 e. The van der Waals surface area contributed by atoms with Gasteiger partial charge in [0, 0.05) is 37.5 Å². The molecule has 3 aromatic rings. The summed E-state index contributed by atoms with van der Waals surface area (Å²) in [5.74, 6) is -0.367. The highest BCUT2D eigenvalue weighted by Crippen LogP contribution is 2.37. The lowest BCUT2D eigenvalue weighted by Gasteiger charge is -2.40. The second-order valence-electron chi connectivity index (χ2n) is 8.24. The molecule has 0 aliphatic carbocycles. The molecule has 1 fully saturated rings. The number of benzene rings is 2. The fourth-order valence-corrected chi connectivity index (χ4v) is 4.21. The van der Waals surface area contributed by atoms with Gasteiger partial charge in [0.1, 0.15) is 17.2 Å². The van der Waals surface area contributed by atoms with Crippen LogP contribution in [-0.4, -0.2) is 60.7 Å². The minimum absolute atomic E-state index is 0.0256. The molecule has 2 N–H and O–H groups in total. The van der Waals surface area contributed by atoms with Crippen molar-refractivity contribution in [3.8, 4) is 11.5 Å². The van der Waals surface area contributed by atoms with Crippen LogP contribution < -0.4 is 20.1 Å². The van der Waals surface area contributed by atoms with Crippen molar-refractivity contribution in [2.75, 3.05) is 44.5 Å². The first-order valence-corrected chi connectivity index (χ1v) is 11.0. The Morgan fingerprint density at radius 3 is 2.53 bits per heavy atom. The van der Waals surface area contributed by atoms with Gasteiger partial charge in [0.25, 0.3) is 0 Å². The molecule has 180 valence electrons. The monoisotopic (exact) mass is 471 g/mol. The number of aromatic nitrogens is 2. The molecule has 0 spiro atoms. The van der Waals surface area contributed by atoms with Crippen molar-refractivity contribution >= 4 is 28.6 Å². The molecular weight excluding hydrogens is 444 g/mol. The van der Waals surface area contributed by atoms with Crippen LogP contribution in [0.15, 0.2) is 30.3 Å². The Hall–Kier alpha value is -3.69. The number of ether oxygens (including phenoxy) is 2. The predicted octanol–water partition coefficient (Wildman–Crippen LogP) is 3.18. The van der Waals surface area contributed by atoms with E-state index < -0.39 is 5.82 Å². The molecule has 2 heterocycles. The summed E-state index contributed by atoms with van der Waals surface area (Å²) in [7, 11) is 2.77. The van der Waals surface area contributed by atoms with Gasteiger partial charge in [-0.1, -0.05) is 12.1 Å². The quantitative estimate of drug-likeness (QED) is 0.590. The topological polar surface area (TPSA) is 93.8 Å². The number of carbonyl (C=O) groups is 1. The third-order valence-electron chi connectivity index (χ3n) is 6.07. The number of nitrogens with two attached hydrogens (primary N) is 1. The van der Waals surface area contributed by atoms with Gasteiger partial charge in [0.15, 0.2) is 17.3 Å². The molecule has 1 atom stereocenters. The van der Waals surface area contributed by atoms with E-state index in [9.17, 15) is 9.18 Å². The zero-order valence-corrected chi connectivity index (χ0v) is 19.3. The van der Waals surface area contributed by atoms with Gasteiger partial charge in [-0.15, -0.1) is 0 Å². The second kappa shape index (κ2) is 9.66. The lowest BCUT2D eigenvalue weighted by Crippen LogP contribution is -2.54. The van der Waals surface area contributed by atoms with Gasteiger partial charge in [0.05, 0.1) is 14.2 Å². The van der Waals surface area contributed by atoms with Crippen molar-refractivity contribution in [2.24, 2.45) is 0 Å². The Balaban J connectivity index is 1.49. The SMILES string of the molecule is COc1cc2c(N)nc(N3CCN(C(=O)CCc4ccc(F)cc4)C[C@@H]3C)nc2c(F)c1OC. The van der Waals surface area contributed by atoms with E-state index in [0.717, 1.165) is 5.56 Å². The Morgan fingerprint density at radius 2 is 1.88 bits per heavy atom. The maximum Gasteiger partial charge on any atom is 0.228 e. The van der Waals surface area contributed by atoms with Crippen molar-refractivity contribution in [3.63, 3.8) is 0 Å². The molecule has 8 nitrogen and oxygen atoms in total. The maximum atomic E-state index is 15.1. The molecule has 34 heavy (non-hydrogen) atoms. The molecule has 0 bridgehead atoms. The first-order chi connectivity index (χ1) is 16.3. The number of fused-ring (bicyclic) bond motifs is 1. The average Bonchev–Trinajstić information content (AvgIpc) is 2.83. The Labute approximate surface area is 196 Å². The second-order valence-corrected chi connectivity index (χ2v) is 8.24. The molecule has 2 aromatic carbocycles. The molecule has 1 aromatic heterocycles. The first kappa shape index (κ1) is 23.5. The number of rotatable bonds is 6. The van der Waals surface area contributed by atoms with Gasteiger partial charge >= 0.3 is 0 Å². The number of carbonyl (C=O) groups excluding carboxylic acids is 1. The summed E-state index contributed by atoms with van der Waals surface area (Å²) in [6.07, 6.45) is 0.882. The molecule has 1 amide bonds. The summed E-state index contributed by atoms with van der Waals surface area (Å²) in [6, 6.07) is 7.61. The van der Waals surface area contributed by atoms with Crippen molar-refractivity contribution in [1.82, 2.24) is 14.9 Å². The van der Waals surface area contributed by atoms with E-state index in [0.29, 0.717) is 43.8 Å². The number of anilines is 2. The van der Waals surface area contributed by atoms with Crippen molar-refractivity contribution < 1.29 is 23.0 Å². The van der Waals surface area contributed by atoms with Crippen LogP contribution in [0, 0.1) is 11.6 Å². The van der Waals surface area contributed by atoms with Crippen LogP contribution in [0.5, 0.6) is 11.5 Å². The molecule has 10 heteroatoms. The predicted molar refractivity (Wildman–Crippen MR) is 125 cm³/mol. The first-order valence-electron chi connectivity index (χ1n) is 11.0. The number of nitrogens with zero attached hydrogens (tertiary/aromatic N) is 4. The number of halogens is 2. The van der Waals surface area contributed by atoms with Crippen molar-refractivity contribution in [3.05, 3.63) is 47.5 Å². The number of hydrogen-bond acceptors (Lipinski definition) is 7. The Bertz CT molecular complexity index is 1210. The third-order valence-corrected chi connectivity index (χ3v) is 6.07. The zero-order valence-electron chi connectivity index (χ0n) is 19.3. The fourth-order valence-electron chi connectivity index (χ4n) is 4.21. The lowest BCUT2D eigenvalue weighted by atomic mass is 10.1.